The highest BCUT2D eigenvalue weighted by Gasteiger charge is 2.32. The third-order valence-corrected chi connectivity index (χ3v) is 3.58. The van der Waals surface area contributed by atoms with E-state index in [0.717, 1.165) is 11.3 Å². The van der Waals surface area contributed by atoms with Crippen molar-refractivity contribution in [1.29, 1.82) is 0 Å². The van der Waals surface area contributed by atoms with Crippen molar-refractivity contribution in [2.24, 2.45) is 0 Å². The Kier molecular flexibility index (Phi) is 3.08. The number of amides is 1. The minimum atomic E-state index is -0.173. The second kappa shape index (κ2) is 4.26. The summed E-state index contributed by atoms with van der Waals surface area (Å²) in [5.74, 6) is 0.0244. The molecular weight excluding hydrogens is 282 g/mol. The van der Waals surface area contributed by atoms with Gasteiger partial charge in [-0.3, -0.25) is 9.59 Å². The highest BCUT2D eigenvalue weighted by molar-refractivity contribution is 9.09. The summed E-state index contributed by atoms with van der Waals surface area (Å²) in [6.45, 7) is 4.08. The van der Waals surface area contributed by atoms with Gasteiger partial charge in [0.1, 0.15) is 0 Å². The van der Waals surface area contributed by atoms with E-state index < -0.39 is 0 Å². The maximum Gasteiger partial charge on any atom is 0.225 e. The van der Waals surface area contributed by atoms with Crippen molar-refractivity contribution in [2.45, 2.75) is 25.7 Å². The standard InChI is InChI=1S/C13H14BrNO2/c1-13(2)6-12(17)15-10-5-8(11(16)7-14)3-4-9(10)13/h3-5H,6-7H2,1-2H3,(H,15,17). The van der Waals surface area contributed by atoms with Gasteiger partial charge in [-0.05, 0) is 11.6 Å². The number of hydrogen-bond donors (Lipinski definition) is 1. The number of alkyl halides is 1. The van der Waals surface area contributed by atoms with E-state index in [9.17, 15) is 9.59 Å². The Morgan fingerprint density at radius 2 is 2.18 bits per heavy atom. The van der Waals surface area contributed by atoms with Crippen LogP contribution in [0.5, 0.6) is 0 Å². The molecule has 1 heterocycles. The summed E-state index contributed by atoms with van der Waals surface area (Å²) in [7, 11) is 0. The molecule has 1 amide bonds. The van der Waals surface area contributed by atoms with Gasteiger partial charge in [-0.15, -0.1) is 0 Å². The van der Waals surface area contributed by atoms with E-state index in [1.54, 1.807) is 6.07 Å². The Hall–Kier alpha value is -1.16. The van der Waals surface area contributed by atoms with Crippen LogP contribution in [-0.2, 0) is 10.2 Å². The molecule has 0 saturated carbocycles. The van der Waals surface area contributed by atoms with Gasteiger partial charge in [-0.25, -0.2) is 0 Å². The van der Waals surface area contributed by atoms with Gasteiger partial charge in [0, 0.05) is 23.1 Å². The van der Waals surface area contributed by atoms with Gasteiger partial charge < -0.3 is 5.32 Å². The zero-order valence-electron chi connectivity index (χ0n) is 9.84. The van der Waals surface area contributed by atoms with Gasteiger partial charge in [-0.1, -0.05) is 41.9 Å². The predicted molar refractivity (Wildman–Crippen MR) is 70.8 cm³/mol. The molecule has 0 radical (unpaired) electrons. The number of halogens is 1. The maximum atomic E-state index is 11.6. The van der Waals surface area contributed by atoms with Crippen molar-refractivity contribution in [3.05, 3.63) is 29.3 Å². The molecule has 0 spiro atoms. The Morgan fingerprint density at radius 3 is 2.82 bits per heavy atom. The fourth-order valence-corrected chi connectivity index (χ4v) is 2.50. The van der Waals surface area contributed by atoms with Crippen LogP contribution in [0.1, 0.15) is 36.2 Å². The molecule has 1 aromatic carbocycles. The van der Waals surface area contributed by atoms with E-state index in [0.29, 0.717) is 17.3 Å². The molecule has 0 saturated heterocycles. The molecule has 0 unspecified atom stereocenters. The number of rotatable bonds is 2. The van der Waals surface area contributed by atoms with E-state index in [-0.39, 0.29) is 17.1 Å². The summed E-state index contributed by atoms with van der Waals surface area (Å²) >= 11 is 3.14. The van der Waals surface area contributed by atoms with Gasteiger partial charge in [-0.2, -0.15) is 0 Å². The van der Waals surface area contributed by atoms with Crippen LogP contribution in [0, 0.1) is 0 Å². The first-order chi connectivity index (χ1) is 7.94. The predicted octanol–water partition coefficient (Wildman–Crippen LogP) is 2.88. The Balaban J connectivity index is 2.49. The zero-order chi connectivity index (χ0) is 12.6. The van der Waals surface area contributed by atoms with Crippen LogP contribution in [-0.4, -0.2) is 17.0 Å². The third-order valence-electron chi connectivity index (χ3n) is 3.07. The average molecular weight is 296 g/mol. The lowest BCUT2D eigenvalue weighted by Crippen LogP contribution is -2.32. The monoisotopic (exact) mass is 295 g/mol. The van der Waals surface area contributed by atoms with E-state index in [4.69, 9.17) is 0 Å². The average Bonchev–Trinajstić information content (AvgIpc) is 2.25. The molecule has 0 aliphatic carbocycles. The SMILES string of the molecule is CC1(C)CC(=O)Nc2cc(C(=O)CBr)ccc21. The van der Waals surface area contributed by atoms with Crippen molar-refractivity contribution < 1.29 is 9.59 Å². The van der Waals surface area contributed by atoms with E-state index in [1.807, 2.05) is 26.0 Å². The first kappa shape index (κ1) is 12.3. The number of hydrogen-bond acceptors (Lipinski definition) is 2. The second-order valence-electron chi connectivity index (χ2n) is 4.93. The summed E-state index contributed by atoms with van der Waals surface area (Å²) in [5.41, 5.74) is 2.30. The first-order valence-electron chi connectivity index (χ1n) is 5.47. The van der Waals surface area contributed by atoms with Crippen LogP contribution in [0.3, 0.4) is 0 Å². The second-order valence-corrected chi connectivity index (χ2v) is 5.49. The van der Waals surface area contributed by atoms with Crippen molar-refractivity contribution >= 4 is 33.3 Å². The molecule has 0 atom stereocenters. The Bertz CT molecular complexity index is 494. The molecular formula is C13H14BrNO2. The normalized spacial score (nSPS) is 17.2. The van der Waals surface area contributed by atoms with Crippen LogP contribution in [0.2, 0.25) is 0 Å². The Morgan fingerprint density at radius 1 is 1.47 bits per heavy atom. The molecule has 1 aliphatic rings. The fraction of sp³-hybridized carbons (Fsp3) is 0.385. The molecule has 1 aliphatic heterocycles. The summed E-state index contributed by atoms with van der Waals surface area (Å²) in [4.78, 5) is 23.2. The summed E-state index contributed by atoms with van der Waals surface area (Å²) in [6, 6.07) is 5.52. The van der Waals surface area contributed by atoms with Crippen LogP contribution in [0.4, 0.5) is 5.69 Å². The quantitative estimate of drug-likeness (QED) is 0.674. The molecule has 17 heavy (non-hydrogen) atoms. The maximum absolute atomic E-state index is 11.6. The van der Waals surface area contributed by atoms with E-state index >= 15 is 0 Å². The number of benzene rings is 1. The summed E-state index contributed by atoms with van der Waals surface area (Å²) in [5, 5.41) is 3.12. The lowest BCUT2D eigenvalue weighted by Gasteiger charge is -2.32. The van der Waals surface area contributed by atoms with Gasteiger partial charge in [0.05, 0.1) is 5.33 Å². The molecule has 3 nitrogen and oxygen atoms in total. The topological polar surface area (TPSA) is 46.2 Å². The summed E-state index contributed by atoms with van der Waals surface area (Å²) in [6.07, 6.45) is 0.478. The van der Waals surface area contributed by atoms with E-state index in [1.165, 1.54) is 0 Å². The lowest BCUT2D eigenvalue weighted by molar-refractivity contribution is -0.117. The van der Waals surface area contributed by atoms with Crippen LogP contribution >= 0.6 is 15.9 Å². The highest BCUT2D eigenvalue weighted by Crippen LogP contribution is 2.37. The van der Waals surface area contributed by atoms with Crippen LogP contribution < -0.4 is 5.32 Å². The van der Waals surface area contributed by atoms with Crippen LogP contribution in [0.15, 0.2) is 18.2 Å². The van der Waals surface area contributed by atoms with Gasteiger partial charge in [0.25, 0.3) is 0 Å². The van der Waals surface area contributed by atoms with Crippen molar-refractivity contribution in [3.63, 3.8) is 0 Å². The number of Topliss-reactive ketones (excluding diaryl/α,β-unsaturated/α-hetero) is 1. The molecule has 0 aromatic heterocycles. The number of ketones is 1. The fourth-order valence-electron chi connectivity index (χ4n) is 2.18. The highest BCUT2D eigenvalue weighted by atomic mass is 79.9. The van der Waals surface area contributed by atoms with Crippen molar-refractivity contribution in [3.8, 4) is 0 Å². The minimum absolute atomic E-state index is 0.00550. The molecule has 2 rings (SSSR count). The molecule has 90 valence electrons. The van der Waals surface area contributed by atoms with Crippen LogP contribution in [0.25, 0.3) is 0 Å². The molecule has 1 N–H and O–H groups in total. The van der Waals surface area contributed by atoms with Gasteiger partial charge >= 0.3 is 0 Å². The summed E-state index contributed by atoms with van der Waals surface area (Å²) < 4.78 is 0. The van der Waals surface area contributed by atoms with Crippen molar-refractivity contribution in [2.75, 3.05) is 10.6 Å². The number of anilines is 1. The van der Waals surface area contributed by atoms with Gasteiger partial charge in [0.15, 0.2) is 5.78 Å². The third kappa shape index (κ3) is 2.27. The number of carbonyl (C=O) groups excluding carboxylic acids is 2. The lowest BCUT2D eigenvalue weighted by atomic mass is 9.77. The Labute approximate surface area is 109 Å². The molecule has 4 heteroatoms. The minimum Gasteiger partial charge on any atom is -0.326 e. The molecule has 0 fully saturated rings. The van der Waals surface area contributed by atoms with E-state index in [2.05, 4.69) is 21.2 Å². The number of fused-ring (bicyclic) bond motifs is 1. The number of nitrogens with one attached hydrogen (secondary N) is 1. The number of carbonyl (C=O) groups is 2. The van der Waals surface area contributed by atoms with Gasteiger partial charge in [0.2, 0.25) is 5.91 Å². The molecule has 0 bridgehead atoms. The smallest absolute Gasteiger partial charge is 0.225 e. The molecule has 1 aromatic rings. The van der Waals surface area contributed by atoms with Crippen molar-refractivity contribution in [1.82, 2.24) is 0 Å². The first-order valence-corrected chi connectivity index (χ1v) is 6.60. The zero-order valence-corrected chi connectivity index (χ0v) is 11.4. The largest absolute Gasteiger partial charge is 0.326 e.